The highest BCUT2D eigenvalue weighted by Gasteiger charge is 2.24. The van der Waals surface area contributed by atoms with Crippen LogP contribution < -0.4 is 5.32 Å². The molecule has 1 saturated heterocycles. The lowest BCUT2D eigenvalue weighted by atomic mass is 10.1. The Labute approximate surface area is 201 Å². The zero-order valence-corrected chi connectivity index (χ0v) is 21.0. The first-order chi connectivity index (χ1) is 14.1. The number of carbonyl (C=O) groups is 1. The number of hydrogen-bond acceptors (Lipinski definition) is 3. The van der Waals surface area contributed by atoms with Gasteiger partial charge in [0.05, 0.1) is 0 Å². The van der Waals surface area contributed by atoms with Crippen LogP contribution in [-0.4, -0.2) is 61.7 Å². The van der Waals surface area contributed by atoms with Crippen LogP contribution in [0.3, 0.4) is 0 Å². The van der Waals surface area contributed by atoms with E-state index in [0.29, 0.717) is 18.0 Å². The van der Waals surface area contributed by atoms with Crippen molar-refractivity contribution in [1.82, 2.24) is 15.1 Å². The van der Waals surface area contributed by atoms with Gasteiger partial charge in [0.1, 0.15) is 0 Å². The number of thioether (sulfide) groups is 1. The first kappa shape index (κ1) is 24.5. The summed E-state index contributed by atoms with van der Waals surface area (Å²) in [5, 5.41) is 3.47. The zero-order valence-electron chi connectivity index (χ0n) is 17.9. The van der Waals surface area contributed by atoms with Crippen LogP contribution in [0.4, 0.5) is 0 Å². The van der Waals surface area contributed by atoms with Gasteiger partial charge in [-0.15, -0.1) is 35.7 Å². The van der Waals surface area contributed by atoms with E-state index >= 15 is 0 Å². The topological polar surface area (TPSA) is 47.9 Å². The molecule has 1 aliphatic rings. The molecular weight excluding hydrogens is 507 g/mol. The third-order valence-corrected chi connectivity index (χ3v) is 6.33. The molecule has 0 aromatic heterocycles. The van der Waals surface area contributed by atoms with Gasteiger partial charge in [0, 0.05) is 57.0 Å². The summed E-state index contributed by atoms with van der Waals surface area (Å²) in [5.74, 6) is 2.79. The van der Waals surface area contributed by atoms with Gasteiger partial charge in [-0.1, -0.05) is 30.3 Å². The Hall–Kier alpha value is -1.74. The summed E-state index contributed by atoms with van der Waals surface area (Å²) in [6, 6.07) is 18.4. The maximum absolute atomic E-state index is 12.0. The molecule has 1 fully saturated rings. The standard InChI is InChI=1S/C23H30N4OS.HI/c1-24-23(25-15-18-9-11-20(12-10-18)22(28)26(2)3)27-14-13-19(16-27)17-29-21-7-5-4-6-8-21;/h4-12,19H,13-17H2,1-3H3,(H,24,25);1H. The quantitative estimate of drug-likeness (QED) is 0.259. The van der Waals surface area contributed by atoms with E-state index in [0.717, 1.165) is 30.4 Å². The van der Waals surface area contributed by atoms with Gasteiger partial charge in [-0.05, 0) is 42.2 Å². The molecule has 2 aromatic rings. The number of aliphatic imine (C=N–C) groups is 1. The average molecular weight is 538 g/mol. The first-order valence-electron chi connectivity index (χ1n) is 10.0. The van der Waals surface area contributed by atoms with E-state index in [1.807, 2.05) is 43.1 Å². The molecule has 5 nitrogen and oxygen atoms in total. The minimum Gasteiger partial charge on any atom is -0.352 e. The predicted octanol–water partition coefficient (Wildman–Crippen LogP) is 4.20. The van der Waals surface area contributed by atoms with Crippen LogP contribution in [0, 0.1) is 5.92 Å². The predicted molar refractivity (Wildman–Crippen MR) is 137 cm³/mol. The number of hydrogen-bond donors (Lipinski definition) is 1. The number of guanidine groups is 1. The number of nitrogens with one attached hydrogen (secondary N) is 1. The van der Waals surface area contributed by atoms with E-state index < -0.39 is 0 Å². The second-order valence-electron chi connectivity index (χ2n) is 7.52. The lowest BCUT2D eigenvalue weighted by Gasteiger charge is -2.22. The van der Waals surface area contributed by atoms with E-state index in [1.54, 1.807) is 19.0 Å². The third-order valence-electron chi connectivity index (χ3n) is 5.08. The van der Waals surface area contributed by atoms with Crippen LogP contribution in [0.2, 0.25) is 0 Å². The molecule has 3 rings (SSSR count). The molecule has 30 heavy (non-hydrogen) atoms. The molecule has 0 aliphatic carbocycles. The van der Waals surface area contributed by atoms with Crippen molar-refractivity contribution in [3.63, 3.8) is 0 Å². The van der Waals surface area contributed by atoms with E-state index in [9.17, 15) is 4.79 Å². The van der Waals surface area contributed by atoms with Crippen molar-refractivity contribution >= 4 is 47.6 Å². The van der Waals surface area contributed by atoms with Crippen molar-refractivity contribution in [3.8, 4) is 0 Å². The number of halogens is 1. The van der Waals surface area contributed by atoms with Crippen LogP contribution in [-0.2, 0) is 6.54 Å². The molecule has 162 valence electrons. The van der Waals surface area contributed by atoms with E-state index in [2.05, 4.69) is 45.5 Å². The van der Waals surface area contributed by atoms with Crippen LogP contribution in [0.5, 0.6) is 0 Å². The molecule has 0 radical (unpaired) electrons. The molecule has 1 unspecified atom stereocenters. The van der Waals surface area contributed by atoms with Crippen LogP contribution in [0.1, 0.15) is 22.3 Å². The molecular formula is C23H31IN4OS. The molecule has 0 bridgehead atoms. The summed E-state index contributed by atoms with van der Waals surface area (Å²) >= 11 is 1.94. The maximum Gasteiger partial charge on any atom is 0.253 e. The SMILES string of the molecule is CN=C(NCc1ccc(C(=O)N(C)C)cc1)N1CCC(CSc2ccccc2)C1.I. The van der Waals surface area contributed by atoms with Crippen molar-refractivity contribution in [2.75, 3.05) is 40.0 Å². The summed E-state index contributed by atoms with van der Waals surface area (Å²) in [6.45, 7) is 2.77. The Bertz CT molecular complexity index is 827. The summed E-state index contributed by atoms with van der Waals surface area (Å²) in [4.78, 5) is 21.7. The smallest absolute Gasteiger partial charge is 0.253 e. The van der Waals surface area contributed by atoms with Gasteiger partial charge in [0.2, 0.25) is 0 Å². The fourth-order valence-electron chi connectivity index (χ4n) is 3.43. The van der Waals surface area contributed by atoms with Crippen molar-refractivity contribution in [2.24, 2.45) is 10.9 Å². The first-order valence-corrected chi connectivity index (χ1v) is 11.0. The van der Waals surface area contributed by atoms with Crippen LogP contribution in [0.15, 0.2) is 64.5 Å². The number of carbonyl (C=O) groups excluding carboxylic acids is 1. The summed E-state index contributed by atoms with van der Waals surface area (Å²) < 4.78 is 0. The van der Waals surface area contributed by atoms with Crippen molar-refractivity contribution in [2.45, 2.75) is 17.9 Å². The second-order valence-corrected chi connectivity index (χ2v) is 8.62. The number of benzene rings is 2. The van der Waals surface area contributed by atoms with Gasteiger partial charge < -0.3 is 15.1 Å². The Kier molecular flexibility index (Phi) is 9.97. The highest BCUT2D eigenvalue weighted by Crippen LogP contribution is 2.25. The second kappa shape index (κ2) is 12.2. The normalized spacial score (nSPS) is 16.2. The summed E-state index contributed by atoms with van der Waals surface area (Å²) in [6.07, 6.45) is 1.20. The molecule has 0 saturated carbocycles. The Balaban J connectivity index is 0.00000320. The lowest BCUT2D eigenvalue weighted by Crippen LogP contribution is -2.39. The summed E-state index contributed by atoms with van der Waals surface area (Å²) in [5.41, 5.74) is 1.85. The van der Waals surface area contributed by atoms with Gasteiger partial charge in [0.15, 0.2) is 5.96 Å². The molecule has 7 heteroatoms. The fraction of sp³-hybridized carbons (Fsp3) is 0.391. The van der Waals surface area contributed by atoms with Gasteiger partial charge in [0.25, 0.3) is 5.91 Å². The van der Waals surface area contributed by atoms with E-state index in [4.69, 9.17) is 0 Å². The molecule has 0 spiro atoms. The van der Waals surface area contributed by atoms with E-state index in [-0.39, 0.29) is 29.9 Å². The van der Waals surface area contributed by atoms with Crippen molar-refractivity contribution in [1.29, 1.82) is 0 Å². The van der Waals surface area contributed by atoms with Gasteiger partial charge in [-0.2, -0.15) is 0 Å². The summed E-state index contributed by atoms with van der Waals surface area (Å²) in [7, 11) is 5.38. The third kappa shape index (κ3) is 6.91. The van der Waals surface area contributed by atoms with Crippen LogP contribution in [0.25, 0.3) is 0 Å². The maximum atomic E-state index is 12.0. The van der Waals surface area contributed by atoms with Crippen LogP contribution >= 0.6 is 35.7 Å². The molecule has 1 amide bonds. The van der Waals surface area contributed by atoms with Crippen molar-refractivity contribution < 1.29 is 4.79 Å². The Morgan fingerprint density at radius 1 is 1.17 bits per heavy atom. The van der Waals surface area contributed by atoms with Gasteiger partial charge >= 0.3 is 0 Å². The van der Waals surface area contributed by atoms with Gasteiger partial charge in [-0.25, -0.2) is 0 Å². The monoisotopic (exact) mass is 538 g/mol. The highest BCUT2D eigenvalue weighted by atomic mass is 127. The minimum atomic E-state index is 0. The number of likely N-dealkylation sites (tertiary alicyclic amines) is 1. The molecule has 1 aliphatic heterocycles. The molecule has 1 N–H and O–H groups in total. The largest absolute Gasteiger partial charge is 0.352 e. The lowest BCUT2D eigenvalue weighted by molar-refractivity contribution is 0.0827. The Morgan fingerprint density at radius 2 is 1.87 bits per heavy atom. The molecule has 2 aromatic carbocycles. The minimum absolute atomic E-state index is 0. The highest BCUT2D eigenvalue weighted by molar-refractivity contribution is 14.0. The van der Waals surface area contributed by atoms with Gasteiger partial charge in [-0.3, -0.25) is 9.79 Å². The average Bonchev–Trinajstić information content (AvgIpc) is 3.22. The molecule has 1 atom stereocenters. The number of rotatable bonds is 6. The zero-order chi connectivity index (χ0) is 20.6. The van der Waals surface area contributed by atoms with E-state index in [1.165, 1.54) is 11.3 Å². The fourth-order valence-corrected chi connectivity index (χ4v) is 4.48. The molecule has 1 heterocycles. The number of amides is 1. The number of nitrogens with zero attached hydrogens (tertiary/aromatic N) is 3. The van der Waals surface area contributed by atoms with Crippen molar-refractivity contribution in [3.05, 3.63) is 65.7 Å². The Morgan fingerprint density at radius 3 is 2.50 bits per heavy atom.